The Hall–Kier alpha value is -1.86. The van der Waals surface area contributed by atoms with Crippen molar-refractivity contribution in [3.8, 4) is 5.75 Å². The molecule has 1 N–H and O–H groups in total. The summed E-state index contributed by atoms with van der Waals surface area (Å²) in [6, 6.07) is 7.96. The number of hydrogen-bond donors (Lipinski definition) is 1. The van der Waals surface area contributed by atoms with Crippen LogP contribution in [0.3, 0.4) is 0 Å². The molecule has 0 spiro atoms. The highest BCUT2D eigenvalue weighted by Crippen LogP contribution is 2.27. The second-order valence-electron chi connectivity index (χ2n) is 6.69. The zero-order valence-electron chi connectivity index (χ0n) is 14.9. The van der Waals surface area contributed by atoms with E-state index < -0.39 is 10.0 Å². The number of aromatic amines is 1. The van der Waals surface area contributed by atoms with Crippen molar-refractivity contribution < 1.29 is 13.2 Å². The van der Waals surface area contributed by atoms with Gasteiger partial charge in [-0.25, -0.2) is 8.42 Å². The monoisotopic (exact) mass is 363 g/mol. The van der Waals surface area contributed by atoms with Gasteiger partial charge < -0.3 is 4.74 Å². The Morgan fingerprint density at radius 2 is 1.88 bits per heavy atom. The first-order valence-corrected chi connectivity index (χ1v) is 10.0. The zero-order valence-corrected chi connectivity index (χ0v) is 15.8. The molecular formula is C18H25N3O3S. The summed E-state index contributed by atoms with van der Waals surface area (Å²) in [5.41, 5.74) is 2.25. The Morgan fingerprint density at radius 3 is 2.48 bits per heavy atom. The number of hydrogen-bond acceptors (Lipinski definition) is 4. The Bertz CT molecular complexity index is 818. The van der Waals surface area contributed by atoms with E-state index in [1.807, 2.05) is 31.2 Å². The maximum atomic E-state index is 12.9. The van der Waals surface area contributed by atoms with Gasteiger partial charge in [0.05, 0.1) is 18.0 Å². The first-order chi connectivity index (χ1) is 11.9. The average molecular weight is 363 g/mol. The molecule has 1 aliphatic rings. The molecule has 25 heavy (non-hydrogen) atoms. The summed E-state index contributed by atoms with van der Waals surface area (Å²) < 4.78 is 33.2. The fraction of sp³-hybridized carbons (Fsp3) is 0.500. The van der Waals surface area contributed by atoms with Gasteiger partial charge in [0.25, 0.3) is 0 Å². The second kappa shape index (κ2) is 7.17. The minimum Gasteiger partial charge on any atom is -0.493 e. The van der Waals surface area contributed by atoms with Crippen molar-refractivity contribution in [2.24, 2.45) is 5.92 Å². The van der Waals surface area contributed by atoms with E-state index in [4.69, 9.17) is 4.74 Å². The van der Waals surface area contributed by atoms with Crippen LogP contribution in [0.15, 0.2) is 29.2 Å². The van der Waals surface area contributed by atoms with E-state index >= 15 is 0 Å². The van der Waals surface area contributed by atoms with Crippen molar-refractivity contribution >= 4 is 10.0 Å². The summed E-state index contributed by atoms with van der Waals surface area (Å²) >= 11 is 0. The van der Waals surface area contributed by atoms with Gasteiger partial charge in [-0.2, -0.15) is 9.40 Å². The predicted molar refractivity (Wildman–Crippen MR) is 96.2 cm³/mol. The van der Waals surface area contributed by atoms with E-state index in [1.165, 1.54) is 0 Å². The van der Waals surface area contributed by atoms with Crippen LogP contribution in [0.4, 0.5) is 0 Å². The lowest BCUT2D eigenvalue weighted by Gasteiger charge is -2.31. The summed E-state index contributed by atoms with van der Waals surface area (Å²) in [4.78, 5) is 0.321. The number of nitrogens with one attached hydrogen (secondary N) is 1. The van der Waals surface area contributed by atoms with E-state index in [1.54, 1.807) is 18.2 Å². The molecule has 0 atom stereocenters. The maximum absolute atomic E-state index is 12.9. The number of rotatable bonds is 5. The molecule has 1 aliphatic heterocycles. The normalized spacial score (nSPS) is 16.9. The number of para-hydroxylation sites is 1. The highest BCUT2D eigenvalue weighted by Gasteiger charge is 2.32. The van der Waals surface area contributed by atoms with Gasteiger partial charge in [-0.05, 0) is 51.2 Å². The van der Waals surface area contributed by atoms with Gasteiger partial charge in [-0.3, -0.25) is 5.10 Å². The molecule has 2 heterocycles. The predicted octanol–water partition coefficient (Wildman–Crippen LogP) is 2.81. The minimum atomic E-state index is -3.48. The number of aryl methyl sites for hydroxylation is 3. The Balaban J connectivity index is 1.59. The number of ether oxygens (including phenoxy) is 1. The third kappa shape index (κ3) is 3.72. The van der Waals surface area contributed by atoms with Crippen molar-refractivity contribution in [2.45, 2.75) is 38.5 Å². The van der Waals surface area contributed by atoms with Gasteiger partial charge in [0.2, 0.25) is 10.0 Å². The lowest BCUT2D eigenvalue weighted by molar-refractivity contribution is 0.184. The number of H-pyrrole nitrogens is 1. The summed E-state index contributed by atoms with van der Waals surface area (Å²) in [6.07, 6.45) is 1.61. The van der Waals surface area contributed by atoms with Crippen LogP contribution in [0.2, 0.25) is 0 Å². The summed E-state index contributed by atoms with van der Waals surface area (Å²) in [6.45, 7) is 7.17. The minimum absolute atomic E-state index is 0.321. The molecule has 0 radical (unpaired) electrons. The Labute approximate surface area is 149 Å². The molecule has 3 rings (SSSR count). The Kier molecular flexibility index (Phi) is 5.15. The molecule has 2 aromatic rings. The van der Waals surface area contributed by atoms with Crippen LogP contribution in [0.1, 0.15) is 29.8 Å². The van der Waals surface area contributed by atoms with Crippen LogP contribution in [0.5, 0.6) is 5.75 Å². The summed E-state index contributed by atoms with van der Waals surface area (Å²) in [7, 11) is -3.48. The molecule has 7 heteroatoms. The molecule has 0 aliphatic carbocycles. The van der Waals surface area contributed by atoms with Gasteiger partial charge in [0, 0.05) is 13.1 Å². The number of sulfonamides is 1. The van der Waals surface area contributed by atoms with E-state index in [0.717, 1.165) is 24.2 Å². The quantitative estimate of drug-likeness (QED) is 0.886. The fourth-order valence-electron chi connectivity index (χ4n) is 3.29. The lowest BCUT2D eigenvalue weighted by atomic mass is 9.99. The fourth-order valence-corrected chi connectivity index (χ4v) is 5.09. The van der Waals surface area contributed by atoms with E-state index in [2.05, 4.69) is 10.2 Å². The third-order valence-corrected chi connectivity index (χ3v) is 6.96. The molecule has 1 aromatic heterocycles. The summed E-state index contributed by atoms with van der Waals surface area (Å²) in [5.74, 6) is 1.28. The van der Waals surface area contributed by atoms with Gasteiger partial charge in [0.1, 0.15) is 10.6 Å². The van der Waals surface area contributed by atoms with Crippen LogP contribution in [-0.2, 0) is 10.0 Å². The van der Waals surface area contributed by atoms with Crippen molar-refractivity contribution in [1.82, 2.24) is 14.5 Å². The zero-order chi connectivity index (χ0) is 18.0. The number of benzene rings is 1. The van der Waals surface area contributed by atoms with Crippen molar-refractivity contribution in [2.75, 3.05) is 19.7 Å². The SMILES string of the molecule is Cc1ccccc1OCC1CCN(S(=O)(=O)c2c(C)n[nH]c2C)CC1. The van der Waals surface area contributed by atoms with Crippen molar-refractivity contribution in [3.63, 3.8) is 0 Å². The number of aromatic nitrogens is 2. The van der Waals surface area contributed by atoms with Gasteiger partial charge in [-0.1, -0.05) is 18.2 Å². The molecule has 136 valence electrons. The number of piperidine rings is 1. The topological polar surface area (TPSA) is 75.3 Å². The van der Waals surface area contributed by atoms with E-state index in [9.17, 15) is 8.42 Å². The van der Waals surface area contributed by atoms with E-state index in [0.29, 0.717) is 41.9 Å². The van der Waals surface area contributed by atoms with Crippen LogP contribution < -0.4 is 4.74 Å². The molecule has 1 aromatic carbocycles. The van der Waals surface area contributed by atoms with Crippen LogP contribution in [0.25, 0.3) is 0 Å². The molecule has 1 saturated heterocycles. The molecule has 0 unspecified atom stereocenters. The van der Waals surface area contributed by atoms with Crippen LogP contribution >= 0.6 is 0 Å². The van der Waals surface area contributed by atoms with Crippen LogP contribution in [-0.4, -0.2) is 42.6 Å². The highest BCUT2D eigenvalue weighted by atomic mass is 32.2. The molecule has 0 saturated carbocycles. The average Bonchev–Trinajstić information content (AvgIpc) is 2.94. The first kappa shape index (κ1) is 17.9. The molecule has 0 amide bonds. The summed E-state index contributed by atoms with van der Waals surface area (Å²) in [5, 5.41) is 6.77. The van der Waals surface area contributed by atoms with Crippen LogP contribution in [0, 0.1) is 26.7 Å². The van der Waals surface area contributed by atoms with Crippen molar-refractivity contribution in [3.05, 3.63) is 41.2 Å². The van der Waals surface area contributed by atoms with Crippen molar-refractivity contribution in [1.29, 1.82) is 0 Å². The van der Waals surface area contributed by atoms with Gasteiger partial charge in [-0.15, -0.1) is 0 Å². The highest BCUT2D eigenvalue weighted by molar-refractivity contribution is 7.89. The Morgan fingerprint density at radius 1 is 1.20 bits per heavy atom. The number of nitrogens with zero attached hydrogens (tertiary/aromatic N) is 2. The molecule has 6 nitrogen and oxygen atoms in total. The third-order valence-electron chi connectivity index (χ3n) is 4.80. The first-order valence-electron chi connectivity index (χ1n) is 8.59. The maximum Gasteiger partial charge on any atom is 0.246 e. The standard InChI is InChI=1S/C18H25N3O3S/c1-13-6-4-5-7-17(13)24-12-16-8-10-21(11-9-16)25(22,23)18-14(2)19-20-15(18)3/h4-7,16H,8-12H2,1-3H3,(H,19,20). The molecule has 0 bridgehead atoms. The molecular weight excluding hydrogens is 338 g/mol. The molecule has 1 fully saturated rings. The van der Waals surface area contributed by atoms with E-state index in [-0.39, 0.29) is 0 Å². The second-order valence-corrected chi connectivity index (χ2v) is 8.56. The smallest absolute Gasteiger partial charge is 0.246 e. The largest absolute Gasteiger partial charge is 0.493 e. The van der Waals surface area contributed by atoms with Gasteiger partial charge in [0.15, 0.2) is 0 Å². The lowest BCUT2D eigenvalue weighted by Crippen LogP contribution is -2.40. The van der Waals surface area contributed by atoms with Gasteiger partial charge >= 0.3 is 0 Å².